The topological polar surface area (TPSA) is 64.3 Å². The van der Waals surface area contributed by atoms with Gasteiger partial charge in [-0.15, -0.1) is 0 Å². The van der Waals surface area contributed by atoms with Crippen LogP contribution in [0, 0.1) is 12.3 Å². The predicted octanol–water partition coefficient (Wildman–Crippen LogP) is 2.82. The smallest absolute Gasteiger partial charge is 0.167 e. The first-order valence-electron chi connectivity index (χ1n) is 5.26. The molecule has 2 aromatic rings. The van der Waals surface area contributed by atoms with Crippen LogP contribution in [-0.2, 0) is 0 Å². The summed E-state index contributed by atoms with van der Waals surface area (Å²) in [5.41, 5.74) is 2.34. The van der Waals surface area contributed by atoms with Gasteiger partial charge in [-0.1, -0.05) is 35.9 Å². The van der Waals surface area contributed by atoms with Crippen LogP contribution in [-0.4, -0.2) is 15.9 Å². The van der Waals surface area contributed by atoms with Gasteiger partial charge in [0.2, 0.25) is 0 Å². The molecule has 2 aromatic carbocycles. The van der Waals surface area contributed by atoms with Gasteiger partial charge in [-0.2, -0.15) is 0 Å². The van der Waals surface area contributed by atoms with Crippen LogP contribution in [0.4, 0.5) is 0 Å². The highest BCUT2D eigenvalue weighted by molar-refractivity contribution is 6.12. The zero-order chi connectivity index (χ0) is 12.4. The van der Waals surface area contributed by atoms with Crippen molar-refractivity contribution in [3.63, 3.8) is 0 Å². The molecule has 0 atom stereocenters. The van der Waals surface area contributed by atoms with Crippen molar-refractivity contribution in [1.82, 2.24) is 0 Å². The normalized spacial score (nSPS) is 10.2. The Morgan fingerprint density at radius 2 is 1.65 bits per heavy atom. The molecule has 0 heterocycles. The number of phenolic OH excluding ortho intramolecular Hbond substituents is 2. The molecule has 0 fully saturated rings. The second-order valence-corrected chi connectivity index (χ2v) is 3.91. The van der Waals surface area contributed by atoms with Gasteiger partial charge < -0.3 is 10.2 Å². The Hall–Kier alpha value is -2.29. The van der Waals surface area contributed by atoms with Crippen molar-refractivity contribution in [3.8, 4) is 11.5 Å². The number of aromatic hydroxyl groups is 2. The van der Waals surface area contributed by atoms with Crippen LogP contribution in [0.25, 0.3) is 0 Å². The molecular weight excluding hydrogens is 214 g/mol. The molecule has 0 aliphatic carbocycles. The molecule has 86 valence electrons. The largest absolute Gasteiger partial charge is 0.504 e. The average Bonchev–Trinajstić information content (AvgIpc) is 2.33. The zero-order valence-electron chi connectivity index (χ0n) is 9.44. The molecule has 3 heteroatoms. The second-order valence-electron chi connectivity index (χ2n) is 3.91. The van der Waals surface area contributed by atoms with E-state index in [0.29, 0.717) is 11.1 Å². The molecular formula is C14H13NO2. The molecule has 0 bridgehead atoms. The Bertz CT molecular complexity index is 559. The molecule has 0 unspecified atom stereocenters. The summed E-state index contributed by atoms with van der Waals surface area (Å²) in [6.45, 7) is 1.97. The van der Waals surface area contributed by atoms with Gasteiger partial charge >= 0.3 is 0 Å². The highest BCUT2D eigenvalue weighted by atomic mass is 16.3. The van der Waals surface area contributed by atoms with E-state index in [1.807, 2.05) is 31.2 Å². The van der Waals surface area contributed by atoms with E-state index in [2.05, 4.69) is 0 Å². The van der Waals surface area contributed by atoms with Crippen molar-refractivity contribution >= 4 is 5.71 Å². The van der Waals surface area contributed by atoms with E-state index in [4.69, 9.17) is 5.41 Å². The maximum absolute atomic E-state index is 9.69. The monoisotopic (exact) mass is 227 g/mol. The molecule has 2 rings (SSSR count). The maximum Gasteiger partial charge on any atom is 0.167 e. The standard InChI is InChI=1S/C14H13NO2/c1-9-5-7-10(8-6-9)13(15)11-3-2-4-12(16)14(11)17/h2-8,15-17H,1H3. The number of aryl methyl sites for hydroxylation is 1. The van der Waals surface area contributed by atoms with Crippen LogP contribution in [0.3, 0.4) is 0 Å². The number of phenols is 2. The summed E-state index contributed by atoms with van der Waals surface area (Å²) in [7, 11) is 0. The fourth-order valence-corrected chi connectivity index (χ4v) is 1.61. The number of hydrogen-bond acceptors (Lipinski definition) is 3. The summed E-state index contributed by atoms with van der Waals surface area (Å²) in [6.07, 6.45) is 0. The molecule has 0 amide bonds. The molecule has 3 nitrogen and oxygen atoms in total. The number of rotatable bonds is 2. The highest BCUT2D eigenvalue weighted by Crippen LogP contribution is 2.29. The molecule has 0 aliphatic rings. The van der Waals surface area contributed by atoms with E-state index >= 15 is 0 Å². The summed E-state index contributed by atoms with van der Waals surface area (Å²) in [5, 5.41) is 27.1. The van der Waals surface area contributed by atoms with E-state index in [-0.39, 0.29) is 17.2 Å². The van der Waals surface area contributed by atoms with Crippen LogP contribution in [0.15, 0.2) is 42.5 Å². The fraction of sp³-hybridized carbons (Fsp3) is 0.0714. The van der Waals surface area contributed by atoms with Crippen molar-refractivity contribution in [2.24, 2.45) is 0 Å². The van der Waals surface area contributed by atoms with Crippen molar-refractivity contribution in [2.75, 3.05) is 0 Å². The van der Waals surface area contributed by atoms with Gasteiger partial charge in [-0.25, -0.2) is 0 Å². The molecule has 3 N–H and O–H groups in total. The zero-order valence-corrected chi connectivity index (χ0v) is 9.44. The number of benzene rings is 2. The first-order valence-corrected chi connectivity index (χ1v) is 5.26. The van der Waals surface area contributed by atoms with E-state index in [1.54, 1.807) is 12.1 Å². The van der Waals surface area contributed by atoms with E-state index in [9.17, 15) is 10.2 Å². The third-order valence-electron chi connectivity index (χ3n) is 2.62. The Morgan fingerprint density at radius 1 is 1.00 bits per heavy atom. The van der Waals surface area contributed by atoms with Gasteiger partial charge in [-0.05, 0) is 19.1 Å². The Kier molecular flexibility index (Phi) is 2.83. The van der Waals surface area contributed by atoms with Crippen LogP contribution in [0.1, 0.15) is 16.7 Å². The lowest BCUT2D eigenvalue weighted by atomic mass is 10.0. The van der Waals surface area contributed by atoms with Gasteiger partial charge in [0.25, 0.3) is 0 Å². The van der Waals surface area contributed by atoms with Crippen molar-refractivity contribution in [3.05, 3.63) is 59.2 Å². The molecule has 0 saturated heterocycles. The first-order chi connectivity index (χ1) is 8.09. The minimum absolute atomic E-state index is 0.193. The summed E-state index contributed by atoms with van der Waals surface area (Å²) in [6, 6.07) is 12.1. The SMILES string of the molecule is Cc1ccc(C(=N)c2cccc(O)c2O)cc1. The van der Waals surface area contributed by atoms with Crippen LogP contribution in [0.5, 0.6) is 11.5 Å². The van der Waals surface area contributed by atoms with E-state index in [0.717, 1.165) is 5.56 Å². The molecule has 0 saturated carbocycles. The predicted molar refractivity (Wildman–Crippen MR) is 66.9 cm³/mol. The molecule has 17 heavy (non-hydrogen) atoms. The third kappa shape index (κ3) is 2.13. The second kappa shape index (κ2) is 4.29. The van der Waals surface area contributed by atoms with Gasteiger partial charge in [0.15, 0.2) is 11.5 Å². The van der Waals surface area contributed by atoms with Gasteiger partial charge in [0, 0.05) is 11.1 Å². The van der Waals surface area contributed by atoms with E-state index < -0.39 is 0 Å². The van der Waals surface area contributed by atoms with Crippen molar-refractivity contribution in [2.45, 2.75) is 6.92 Å². The summed E-state index contributed by atoms with van der Waals surface area (Å²) < 4.78 is 0. The highest BCUT2D eigenvalue weighted by Gasteiger charge is 2.12. The maximum atomic E-state index is 9.69. The third-order valence-corrected chi connectivity index (χ3v) is 2.62. The Morgan fingerprint density at radius 3 is 2.29 bits per heavy atom. The molecule has 0 radical (unpaired) electrons. The van der Waals surface area contributed by atoms with Crippen LogP contribution < -0.4 is 0 Å². The lowest BCUT2D eigenvalue weighted by Gasteiger charge is -2.08. The van der Waals surface area contributed by atoms with E-state index in [1.165, 1.54) is 6.07 Å². The fourth-order valence-electron chi connectivity index (χ4n) is 1.61. The van der Waals surface area contributed by atoms with Crippen molar-refractivity contribution in [1.29, 1.82) is 5.41 Å². The van der Waals surface area contributed by atoms with Gasteiger partial charge in [0.05, 0.1) is 5.71 Å². The molecule has 0 aliphatic heterocycles. The van der Waals surface area contributed by atoms with Gasteiger partial charge in [-0.3, -0.25) is 5.41 Å². The number of hydrogen-bond donors (Lipinski definition) is 3. The van der Waals surface area contributed by atoms with Crippen LogP contribution in [0.2, 0.25) is 0 Å². The Labute approximate surface area is 99.5 Å². The van der Waals surface area contributed by atoms with Crippen LogP contribution >= 0.6 is 0 Å². The summed E-state index contributed by atoms with van der Waals surface area (Å²) in [5.74, 6) is -0.461. The average molecular weight is 227 g/mol. The molecule has 0 spiro atoms. The first kappa shape index (κ1) is 11.2. The quantitative estimate of drug-likeness (QED) is 0.545. The number of para-hydroxylation sites is 1. The van der Waals surface area contributed by atoms with Crippen molar-refractivity contribution < 1.29 is 10.2 Å². The lowest BCUT2D eigenvalue weighted by Crippen LogP contribution is -2.01. The molecule has 0 aromatic heterocycles. The summed E-state index contributed by atoms with van der Waals surface area (Å²) >= 11 is 0. The number of nitrogens with one attached hydrogen (secondary N) is 1. The minimum Gasteiger partial charge on any atom is -0.504 e. The van der Waals surface area contributed by atoms with Gasteiger partial charge in [0.1, 0.15) is 0 Å². The Balaban J connectivity index is 2.44. The lowest BCUT2D eigenvalue weighted by molar-refractivity contribution is 0.403. The minimum atomic E-state index is -0.252. The summed E-state index contributed by atoms with van der Waals surface area (Å²) in [4.78, 5) is 0.